The molecule has 0 aliphatic carbocycles. The molecule has 0 heterocycles. The molecule has 0 saturated heterocycles. The first-order chi connectivity index (χ1) is 8.99. The van der Waals surface area contributed by atoms with Crippen LogP contribution in [0.2, 0.25) is 0 Å². The van der Waals surface area contributed by atoms with Gasteiger partial charge in [-0.25, -0.2) is 0 Å². The summed E-state index contributed by atoms with van der Waals surface area (Å²) in [6.45, 7) is 5.06. The lowest BCUT2D eigenvalue weighted by atomic mass is 9.99. The topological polar surface area (TPSA) is 12.0 Å². The number of halogens is 3. The highest BCUT2D eigenvalue weighted by Gasteiger charge is 2.32. The molecule has 1 unspecified atom stereocenters. The highest BCUT2D eigenvalue weighted by molar-refractivity contribution is 5.29. The first-order valence-corrected chi connectivity index (χ1v) is 6.87. The maximum Gasteiger partial charge on any atom is 0.416 e. The number of hydrogen-bond donors (Lipinski definition) is 1. The monoisotopic (exact) mass is 273 g/mol. The first-order valence-electron chi connectivity index (χ1n) is 6.87. The van der Waals surface area contributed by atoms with Gasteiger partial charge in [0.05, 0.1) is 5.56 Å². The van der Waals surface area contributed by atoms with E-state index in [-0.39, 0.29) is 0 Å². The molecule has 4 heteroatoms. The maximum absolute atomic E-state index is 12.8. The van der Waals surface area contributed by atoms with E-state index in [0.717, 1.165) is 31.9 Å². The zero-order valence-electron chi connectivity index (χ0n) is 11.6. The van der Waals surface area contributed by atoms with Crippen molar-refractivity contribution < 1.29 is 13.2 Å². The van der Waals surface area contributed by atoms with Crippen molar-refractivity contribution in [1.29, 1.82) is 0 Å². The lowest BCUT2D eigenvalue weighted by Gasteiger charge is -2.18. The summed E-state index contributed by atoms with van der Waals surface area (Å²) in [5.41, 5.74) is -0.105. The number of benzene rings is 1. The second-order valence-corrected chi connectivity index (χ2v) is 4.75. The fourth-order valence-corrected chi connectivity index (χ4v) is 2.14. The smallest absolute Gasteiger partial charge is 0.314 e. The molecular weight excluding hydrogens is 251 g/mol. The molecule has 0 fully saturated rings. The Balaban J connectivity index is 2.66. The molecule has 1 atom stereocenters. The van der Waals surface area contributed by atoms with E-state index in [2.05, 4.69) is 19.2 Å². The van der Waals surface area contributed by atoms with E-state index < -0.39 is 11.7 Å². The number of nitrogens with one attached hydrogen (secondary N) is 1. The first kappa shape index (κ1) is 16.0. The van der Waals surface area contributed by atoms with Crippen LogP contribution in [0.15, 0.2) is 24.3 Å². The molecular formula is C15H22F3N. The predicted octanol–water partition coefficient (Wildman–Crippen LogP) is 4.42. The Morgan fingerprint density at radius 2 is 1.84 bits per heavy atom. The summed E-state index contributed by atoms with van der Waals surface area (Å²) in [6.07, 6.45) is -1.08. The predicted molar refractivity (Wildman–Crippen MR) is 72.1 cm³/mol. The molecule has 1 aromatic carbocycles. The second kappa shape index (κ2) is 7.53. The van der Waals surface area contributed by atoms with Gasteiger partial charge in [0, 0.05) is 6.04 Å². The van der Waals surface area contributed by atoms with Gasteiger partial charge in [-0.2, -0.15) is 13.2 Å². The molecule has 108 valence electrons. The van der Waals surface area contributed by atoms with Crippen molar-refractivity contribution in [3.63, 3.8) is 0 Å². The molecule has 0 saturated carbocycles. The zero-order chi connectivity index (χ0) is 14.3. The van der Waals surface area contributed by atoms with E-state index in [1.165, 1.54) is 6.07 Å². The van der Waals surface area contributed by atoms with Crippen LogP contribution in [0.5, 0.6) is 0 Å². The van der Waals surface area contributed by atoms with Gasteiger partial charge in [0.1, 0.15) is 0 Å². The maximum atomic E-state index is 12.8. The van der Waals surface area contributed by atoms with Gasteiger partial charge < -0.3 is 5.32 Å². The fourth-order valence-electron chi connectivity index (χ4n) is 2.14. The van der Waals surface area contributed by atoms with Gasteiger partial charge in [-0.3, -0.25) is 0 Å². The van der Waals surface area contributed by atoms with Gasteiger partial charge in [-0.1, -0.05) is 32.0 Å². The minimum atomic E-state index is -4.25. The highest BCUT2D eigenvalue weighted by atomic mass is 19.4. The molecule has 0 amide bonds. The fraction of sp³-hybridized carbons (Fsp3) is 0.600. The average Bonchev–Trinajstić information content (AvgIpc) is 2.38. The number of rotatable bonds is 7. The lowest BCUT2D eigenvalue weighted by molar-refractivity contribution is -0.138. The van der Waals surface area contributed by atoms with Gasteiger partial charge in [-0.15, -0.1) is 0 Å². The molecule has 0 aliphatic heterocycles. The Bertz CT molecular complexity index is 374. The molecule has 1 aromatic rings. The molecule has 0 bridgehead atoms. The summed E-state index contributed by atoms with van der Waals surface area (Å²) in [7, 11) is 0. The molecule has 0 aliphatic rings. The third-order valence-corrected chi connectivity index (χ3v) is 3.26. The van der Waals surface area contributed by atoms with Crippen LogP contribution in [0.3, 0.4) is 0 Å². The van der Waals surface area contributed by atoms with Crippen molar-refractivity contribution in [2.45, 2.75) is 51.7 Å². The largest absolute Gasteiger partial charge is 0.416 e. The van der Waals surface area contributed by atoms with Gasteiger partial charge in [0.15, 0.2) is 0 Å². The summed E-state index contributed by atoms with van der Waals surface area (Å²) in [4.78, 5) is 0. The van der Waals surface area contributed by atoms with Crippen molar-refractivity contribution in [2.75, 3.05) is 6.54 Å². The van der Waals surface area contributed by atoms with Crippen LogP contribution in [0, 0.1) is 0 Å². The Morgan fingerprint density at radius 1 is 1.16 bits per heavy atom. The van der Waals surface area contributed by atoms with Crippen LogP contribution in [0.4, 0.5) is 13.2 Å². The number of alkyl halides is 3. The molecule has 0 spiro atoms. The Kier molecular flexibility index (Phi) is 6.35. The van der Waals surface area contributed by atoms with Gasteiger partial charge in [0.2, 0.25) is 0 Å². The minimum absolute atomic E-state index is 0.293. The Labute approximate surface area is 113 Å². The van der Waals surface area contributed by atoms with Crippen LogP contribution in [0.1, 0.15) is 44.2 Å². The van der Waals surface area contributed by atoms with Crippen LogP contribution in [-0.2, 0) is 12.6 Å². The SMILES string of the molecule is CCCNC(CC)CCc1ccccc1C(F)(F)F. The number of hydrogen-bond acceptors (Lipinski definition) is 1. The van der Waals surface area contributed by atoms with E-state index in [9.17, 15) is 13.2 Å². The molecule has 1 nitrogen and oxygen atoms in total. The van der Waals surface area contributed by atoms with E-state index in [4.69, 9.17) is 0 Å². The van der Waals surface area contributed by atoms with E-state index in [1.54, 1.807) is 12.1 Å². The summed E-state index contributed by atoms with van der Waals surface area (Å²) in [6, 6.07) is 6.15. The molecule has 0 radical (unpaired) electrons. The number of aryl methyl sites for hydroxylation is 1. The van der Waals surface area contributed by atoms with Crippen LogP contribution < -0.4 is 5.32 Å². The molecule has 0 aromatic heterocycles. The standard InChI is InChI=1S/C15H22F3N/c1-3-11-19-13(4-2)10-9-12-7-5-6-8-14(12)15(16,17)18/h5-8,13,19H,3-4,9-11H2,1-2H3. The summed E-state index contributed by atoms with van der Waals surface area (Å²) in [5.74, 6) is 0. The normalized spacial score (nSPS) is 13.5. The van der Waals surface area contributed by atoms with Crippen LogP contribution in [0.25, 0.3) is 0 Å². The van der Waals surface area contributed by atoms with Crippen LogP contribution in [-0.4, -0.2) is 12.6 Å². The quantitative estimate of drug-likeness (QED) is 0.775. The minimum Gasteiger partial charge on any atom is -0.314 e. The Hall–Kier alpha value is -1.03. The zero-order valence-corrected chi connectivity index (χ0v) is 11.6. The lowest BCUT2D eigenvalue weighted by Crippen LogP contribution is -2.29. The molecule has 1 rings (SSSR count). The van der Waals surface area contributed by atoms with Crippen molar-refractivity contribution in [1.82, 2.24) is 5.32 Å². The van der Waals surface area contributed by atoms with Crippen molar-refractivity contribution in [3.05, 3.63) is 35.4 Å². The molecule has 1 N–H and O–H groups in total. The second-order valence-electron chi connectivity index (χ2n) is 4.75. The van der Waals surface area contributed by atoms with E-state index >= 15 is 0 Å². The van der Waals surface area contributed by atoms with Crippen molar-refractivity contribution in [3.8, 4) is 0 Å². The Morgan fingerprint density at radius 3 is 2.42 bits per heavy atom. The van der Waals surface area contributed by atoms with Gasteiger partial charge in [-0.05, 0) is 43.9 Å². The van der Waals surface area contributed by atoms with E-state index in [1.807, 2.05) is 0 Å². The molecule has 19 heavy (non-hydrogen) atoms. The summed E-state index contributed by atoms with van der Waals surface area (Å²) < 4.78 is 38.5. The summed E-state index contributed by atoms with van der Waals surface area (Å²) in [5, 5.41) is 3.37. The highest BCUT2D eigenvalue weighted by Crippen LogP contribution is 2.32. The van der Waals surface area contributed by atoms with Crippen LogP contribution >= 0.6 is 0 Å². The van der Waals surface area contributed by atoms with Gasteiger partial charge in [0.25, 0.3) is 0 Å². The third-order valence-electron chi connectivity index (χ3n) is 3.26. The summed E-state index contributed by atoms with van der Waals surface area (Å²) >= 11 is 0. The van der Waals surface area contributed by atoms with E-state index in [0.29, 0.717) is 18.0 Å². The van der Waals surface area contributed by atoms with Crippen molar-refractivity contribution in [2.24, 2.45) is 0 Å². The average molecular weight is 273 g/mol. The van der Waals surface area contributed by atoms with Crippen molar-refractivity contribution >= 4 is 0 Å². The van der Waals surface area contributed by atoms with Gasteiger partial charge >= 0.3 is 6.18 Å². The third kappa shape index (κ3) is 5.23.